The van der Waals surface area contributed by atoms with Crippen molar-refractivity contribution in [3.8, 4) is 5.82 Å². The van der Waals surface area contributed by atoms with Crippen LogP contribution >= 0.6 is 0 Å². The minimum absolute atomic E-state index is 0.0401. The van der Waals surface area contributed by atoms with E-state index in [9.17, 15) is 26.3 Å². The molecule has 0 aliphatic heterocycles. The maximum absolute atomic E-state index is 12.8. The van der Waals surface area contributed by atoms with Crippen molar-refractivity contribution in [2.75, 3.05) is 0 Å². The van der Waals surface area contributed by atoms with Gasteiger partial charge in [-0.1, -0.05) is 6.07 Å². The van der Waals surface area contributed by atoms with E-state index in [1.807, 2.05) is 0 Å². The van der Waals surface area contributed by atoms with E-state index in [0.717, 1.165) is 6.07 Å². The average molecular weight is 295 g/mol. The van der Waals surface area contributed by atoms with Crippen LogP contribution in [0.15, 0.2) is 24.4 Å². The quantitative estimate of drug-likeness (QED) is 0.752. The molecule has 0 bridgehead atoms. The monoisotopic (exact) mass is 295 g/mol. The second-order valence-corrected chi connectivity index (χ2v) is 4.02. The molecule has 108 valence electrons. The molecular formula is C11H7F6N3. The molecule has 0 atom stereocenters. The third-order valence-electron chi connectivity index (χ3n) is 2.40. The molecule has 0 spiro atoms. The lowest BCUT2D eigenvalue weighted by atomic mass is 10.3. The van der Waals surface area contributed by atoms with Crippen LogP contribution in [0.4, 0.5) is 26.3 Å². The molecule has 0 fully saturated rings. The number of nitrogens with zero attached hydrogens (tertiary/aromatic N) is 3. The fraction of sp³-hybridized carbons (Fsp3) is 0.273. The van der Waals surface area contributed by atoms with Crippen LogP contribution in [0, 0.1) is 6.92 Å². The van der Waals surface area contributed by atoms with Gasteiger partial charge in [-0.2, -0.15) is 31.4 Å². The Balaban J connectivity index is 2.62. The van der Waals surface area contributed by atoms with Gasteiger partial charge in [-0.15, -0.1) is 0 Å². The van der Waals surface area contributed by atoms with Crippen LogP contribution in [0.2, 0.25) is 0 Å². The van der Waals surface area contributed by atoms with E-state index < -0.39 is 23.7 Å². The van der Waals surface area contributed by atoms with Crippen LogP contribution in [0.1, 0.15) is 17.0 Å². The van der Waals surface area contributed by atoms with Gasteiger partial charge in [0.1, 0.15) is 0 Å². The topological polar surface area (TPSA) is 30.7 Å². The molecule has 2 aromatic rings. The lowest BCUT2D eigenvalue weighted by Crippen LogP contribution is -2.14. The molecule has 0 aromatic carbocycles. The second kappa shape index (κ2) is 4.50. The first-order chi connectivity index (χ1) is 9.09. The summed E-state index contributed by atoms with van der Waals surface area (Å²) < 4.78 is 75.9. The Kier molecular flexibility index (Phi) is 3.23. The van der Waals surface area contributed by atoms with Gasteiger partial charge in [0.2, 0.25) is 0 Å². The zero-order chi connectivity index (χ0) is 15.1. The van der Waals surface area contributed by atoms with Gasteiger partial charge < -0.3 is 0 Å². The fourth-order valence-electron chi connectivity index (χ4n) is 1.48. The molecule has 0 unspecified atom stereocenters. The molecule has 9 heteroatoms. The third kappa shape index (κ3) is 2.75. The summed E-state index contributed by atoms with van der Waals surface area (Å²) in [5, 5.41) is 2.96. The lowest BCUT2D eigenvalue weighted by Gasteiger charge is -2.09. The van der Waals surface area contributed by atoms with E-state index in [4.69, 9.17) is 0 Å². The average Bonchev–Trinajstić information content (AvgIpc) is 2.74. The third-order valence-corrected chi connectivity index (χ3v) is 2.40. The molecule has 0 aliphatic carbocycles. The van der Waals surface area contributed by atoms with Crippen molar-refractivity contribution in [2.24, 2.45) is 0 Å². The van der Waals surface area contributed by atoms with E-state index in [2.05, 4.69) is 10.1 Å². The molecule has 3 nitrogen and oxygen atoms in total. The van der Waals surface area contributed by atoms with Crippen molar-refractivity contribution < 1.29 is 26.3 Å². The van der Waals surface area contributed by atoms with E-state index in [-0.39, 0.29) is 16.6 Å². The SMILES string of the molecule is Cc1ccc(-n2nc(C(F)(F)F)cc2C(F)(F)F)nc1. The van der Waals surface area contributed by atoms with E-state index in [1.165, 1.54) is 12.3 Å². The lowest BCUT2D eigenvalue weighted by molar-refractivity contribution is -0.143. The highest BCUT2D eigenvalue weighted by molar-refractivity contribution is 5.30. The molecule has 0 radical (unpaired) electrons. The van der Waals surface area contributed by atoms with Gasteiger partial charge in [-0.25, -0.2) is 9.67 Å². The van der Waals surface area contributed by atoms with E-state index in [1.54, 1.807) is 6.92 Å². The molecule has 0 aliphatic rings. The summed E-state index contributed by atoms with van der Waals surface area (Å²) in [7, 11) is 0. The number of halogens is 6. The van der Waals surface area contributed by atoms with Gasteiger partial charge >= 0.3 is 12.4 Å². The van der Waals surface area contributed by atoms with Crippen LogP contribution in [-0.4, -0.2) is 14.8 Å². The first-order valence-electron chi connectivity index (χ1n) is 5.26. The fourth-order valence-corrected chi connectivity index (χ4v) is 1.48. The predicted octanol–water partition coefficient (Wildman–Crippen LogP) is 3.61. The number of hydrogen-bond acceptors (Lipinski definition) is 2. The van der Waals surface area contributed by atoms with E-state index >= 15 is 0 Å². The Bertz CT molecular complexity index is 609. The highest BCUT2D eigenvalue weighted by Gasteiger charge is 2.42. The van der Waals surface area contributed by atoms with Crippen LogP contribution in [0.25, 0.3) is 5.82 Å². The molecule has 20 heavy (non-hydrogen) atoms. The molecule has 0 saturated carbocycles. The summed E-state index contributed by atoms with van der Waals surface area (Å²) in [5.41, 5.74) is -2.49. The van der Waals surface area contributed by atoms with Crippen molar-refractivity contribution in [3.05, 3.63) is 41.3 Å². The molecular weight excluding hydrogens is 288 g/mol. The largest absolute Gasteiger partial charge is 0.435 e. The maximum atomic E-state index is 12.8. The number of rotatable bonds is 1. The molecule has 0 saturated heterocycles. The van der Waals surface area contributed by atoms with Crippen LogP contribution in [0.3, 0.4) is 0 Å². The Labute approximate surface area is 108 Å². The van der Waals surface area contributed by atoms with Crippen LogP contribution in [0.5, 0.6) is 0 Å². The summed E-state index contributed by atoms with van der Waals surface area (Å²) in [5.74, 6) is -0.335. The maximum Gasteiger partial charge on any atom is 0.435 e. The van der Waals surface area contributed by atoms with Gasteiger partial charge in [-0.3, -0.25) is 0 Å². The van der Waals surface area contributed by atoms with Gasteiger partial charge in [0, 0.05) is 12.3 Å². The van der Waals surface area contributed by atoms with E-state index in [0.29, 0.717) is 5.56 Å². The zero-order valence-corrected chi connectivity index (χ0v) is 9.92. The van der Waals surface area contributed by atoms with Gasteiger partial charge in [0.15, 0.2) is 17.2 Å². The minimum atomic E-state index is -4.97. The smallest absolute Gasteiger partial charge is 0.237 e. The highest BCUT2D eigenvalue weighted by Crippen LogP contribution is 2.36. The molecule has 0 N–H and O–H groups in total. The number of alkyl halides is 6. The van der Waals surface area contributed by atoms with Crippen molar-refractivity contribution >= 4 is 0 Å². The Morgan fingerprint density at radius 3 is 2.10 bits per heavy atom. The van der Waals surface area contributed by atoms with Crippen molar-refractivity contribution in [2.45, 2.75) is 19.3 Å². The summed E-state index contributed by atoms with van der Waals surface area (Å²) in [6.45, 7) is 1.64. The minimum Gasteiger partial charge on any atom is -0.237 e. The first-order valence-corrected chi connectivity index (χ1v) is 5.26. The van der Waals surface area contributed by atoms with Gasteiger partial charge in [-0.05, 0) is 18.6 Å². The summed E-state index contributed by atoms with van der Waals surface area (Å²) in [6, 6.07) is 2.55. The van der Waals surface area contributed by atoms with Gasteiger partial charge in [0.25, 0.3) is 0 Å². The molecule has 2 aromatic heterocycles. The Morgan fingerprint density at radius 1 is 1.00 bits per heavy atom. The van der Waals surface area contributed by atoms with Crippen molar-refractivity contribution in [1.29, 1.82) is 0 Å². The van der Waals surface area contributed by atoms with Crippen LogP contribution < -0.4 is 0 Å². The van der Waals surface area contributed by atoms with Crippen LogP contribution in [-0.2, 0) is 12.4 Å². The highest BCUT2D eigenvalue weighted by atomic mass is 19.4. The molecule has 0 amide bonds. The Hall–Kier alpha value is -2.06. The number of pyridine rings is 1. The van der Waals surface area contributed by atoms with Gasteiger partial charge in [0.05, 0.1) is 0 Å². The standard InChI is InChI=1S/C11H7F6N3/c1-6-2-3-9(18-5-6)20-8(11(15,16)17)4-7(19-20)10(12,13)14/h2-5H,1H3. The molecule has 2 heterocycles. The summed E-state index contributed by atoms with van der Waals surface area (Å²) >= 11 is 0. The second-order valence-electron chi connectivity index (χ2n) is 4.02. The summed E-state index contributed by atoms with van der Waals surface area (Å²) in [4.78, 5) is 3.65. The summed E-state index contributed by atoms with van der Waals surface area (Å²) in [6.07, 6.45) is -8.69. The number of aryl methyl sites for hydroxylation is 1. The normalized spacial score (nSPS) is 12.8. The number of hydrogen-bond donors (Lipinski definition) is 0. The number of aromatic nitrogens is 3. The van der Waals surface area contributed by atoms with Crippen molar-refractivity contribution in [3.63, 3.8) is 0 Å². The predicted molar refractivity (Wildman–Crippen MR) is 56.1 cm³/mol. The first kappa shape index (κ1) is 14.4. The Morgan fingerprint density at radius 2 is 1.65 bits per heavy atom. The van der Waals surface area contributed by atoms with Crippen molar-refractivity contribution in [1.82, 2.24) is 14.8 Å². The molecule has 2 rings (SSSR count). The zero-order valence-electron chi connectivity index (χ0n) is 9.92.